The third-order valence-electron chi connectivity index (χ3n) is 5.94. The molecule has 0 unspecified atom stereocenters. The molecule has 1 aromatic rings. The fourth-order valence-corrected chi connectivity index (χ4v) is 4.59. The Hall–Kier alpha value is -1.98. The molecule has 1 aromatic carbocycles. The summed E-state index contributed by atoms with van der Waals surface area (Å²) in [6.07, 6.45) is 5.89. The average Bonchev–Trinajstić information content (AvgIpc) is 2.98. The van der Waals surface area contributed by atoms with Crippen LogP contribution in [-0.4, -0.2) is 43.0 Å². The van der Waals surface area contributed by atoms with Crippen molar-refractivity contribution >= 4 is 11.8 Å². The number of nitrogens with zero attached hydrogens (tertiary/aromatic N) is 1. The van der Waals surface area contributed by atoms with E-state index in [9.17, 15) is 9.59 Å². The first kappa shape index (κ1) is 17.4. The summed E-state index contributed by atoms with van der Waals surface area (Å²) in [6, 6.07) is 9.78. The van der Waals surface area contributed by atoms with E-state index in [1.54, 1.807) is 0 Å². The van der Waals surface area contributed by atoms with E-state index in [2.05, 4.69) is 6.08 Å². The lowest BCUT2D eigenvalue weighted by atomic mass is 9.80. The van der Waals surface area contributed by atoms with Crippen molar-refractivity contribution < 1.29 is 19.2 Å². The quantitative estimate of drug-likeness (QED) is 0.825. The number of benzene rings is 1. The topological polar surface area (TPSA) is 51.1 Å². The van der Waals surface area contributed by atoms with Gasteiger partial charge in [-0.05, 0) is 30.9 Å². The third kappa shape index (κ3) is 3.46. The number of ether oxygens (including phenoxy) is 1. The molecule has 3 aliphatic rings. The Balaban J connectivity index is 1.51. The second kappa shape index (κ2) is 7.72. The van der Waals surface area contributed by atoms with Crippen LogP contribution in [0.15, 0.2) is 42.1 Å². The maximum Gasteiger partial charge on any atom is 0.233 e. The number of morpholine rings is 1. The molecule has 1 N–H and O–H groups in total. The first-order valence-electron chi connectivity index (χ1n) is 9.75. The molecule has 138 valence electrons. The van der Waals surface area contributed by atoms with Crippen LogP contribution in [0.3, 0.4) is 0 Å². The first-order valence-corrected chi connectivity index (χ1v) is 9.75. The molecule has 2 heterocycles. The number of allylic oxidation sites excluding steroid dienone is 2. The molecule has 1 aliphatic carbocycles. The number of hydrogen-bond donors (Lipinski definition) is 1. The molecule has 5 heteroatoms. The maximum absolute atomic E-state index is 13.1. The van der Waals surface area contributed by atoms with E-state index >= 15 is 0 Å². The van der Waals surface area contributed by atoms with Gasteiger partial charge in [-0.1, -0.05) is 30.3 Å². The van der Waals surface area contributed by atoms with Gasteiger partial charge in [0, 0.05) is 12.3 Å². The fourth-order valence-electron chi connectivity index (χ4n) is 4.59. The zero-order chi connectivity index (χ0) is 17.9. The van der Waals surface area contributed by atoms with Crippen molar-refractivity contribution in [3.8, 4) is 0 Å². The van der Waals surface area contributed by atoms with Gasteiger partial charge in [0.2, 0.25) is 11.8 Å². The van der Waals surface area contributed by atoms with Crippen LogP contribution in [-0.2, 0) is 20.9 Å². The molecule has 2 fully saturated rings. The maximum atomic E-state index is 13.1. The summed E-state index contributed by atoms with van der Waals surface area (Å²) < 4.78 is 5.50. The number of hydrogen-bond acceptors (Lipinski definition) is 3. The fraction of sp³-hybridized carbons (Fsp3) is 0.524. The van der Waals surface area contributed by atoms with E-state index < -0.39 is 0 Å². The van der Waals surface area contributed by atoms with Gasteiger partial charge in [0.15, 0.2) is 0 Å². The van der Waals surface area contributed by atoms with E-state index in [0.29, 0.717) is 13.0 Å². The van der Waals surface area contributed by atoms with Crippen molar-refractivity contribution in [2.45, 2.75) is 32.2 Å². The number of quaternary nitrogens is 1. The van der Waals surface area contributed by atoms with Crippen molar-refractivity contribution in [3.63, 3.8) is 0 Å². The van der Waals surface area contributed by atoms with Crippen molar-refractivity contribution in [2.75, 3.05) is 26.3 Å². The summed E-state index contributed by atoms with van der Waals surface area (Å²) in [6.45, 7) is 3.87. The van der Waals surface area contributed by atoms with Crippen LogP contribution in [0.2, 0.25) is 0 Å². The van der Waals surface area contributed by atoms with Crippen molar-refractivity contribution in [2.24, 2.45) is 11.8 Å². The van der Waals surface area contributed by atoms with Crippen LogP contribution in [0.4, 0.5) is 0 Å². The second-order valence-electron chi connectivity index (χ2n) is 7.53. The van der Waals surface area contributed by atoms with Gasteiger partial charge in [0.05, 0.1) is 25.7 Å². The second-order valence-corrected chi connectivity index (χ2v) is 7.53. The molecule has 5 nitrogen and oxygen atoms in total. The van der Waals surface area contributed by atoms with Gasteiger partial charge >= 0.3 is 0 Å². The smallest absolute Gasteiger partial charge is 0.233 e. The van der Waals surface area contributed by atoms with Crippen molar-refractivity contribution in [3.05, 3.63) is 47.7 Å². The molecule has 4 rings (SSSR count). The molecule has 0 aromatic heterocycles. The highest BCUT2D eigenvalue weighted by molar-refractivity contribution is 6.03. The minimum atomic E-state index is -0.187. The number of carbonyl (C=O) groups is 2. The Bertz CT molecular complexity index is 694. The molecule has 2 saturated heterocycles. The van der Waals surface area contributed by atoms with E-state index in [-0.39, 0.29) is 23.7 Å². The van der Waals surface area contributed by atoms with Crippen molar-refractivity contribution in [1.82, 2.24) is 4.90 Å². The lowest BCUT2D eigenvalue weighted by Crippen LogP contribution is -3.13. The Morgan fingerprint density at radius 2 is 1.85 bits per heavy atom. The van der Waals surface area contributed by atoms with E-state index in [1.165, 1.54) is 15.5 Å². The number of nitrogens with one attached hydrogen (secondary N) is 1. The SMILES string of the molecule is O=C1C[C@H]([C@@H]2CCCC=C2[NH+]2CCOCC2)C(=O)N1Cc1ccccc1. The molecular formula is C21H27N2O3+. The third-order valence-corrected chi connectivity index (χ3v) is 5.94. The molecule has 2 aliphatic heterocycles. The van der Waals surface area contributed by atoms with Gasteiger partial charge in [-0.25, -0.2) is 0 Å². The summed E-state index contributed by atoms with van der Waals surface area (Å²) in [4.78, 5) is 28.6. The molecule has 0 spiro atoms. The minimum absolute atomic E-state index is 0.0179. The monoisotopic (exact) mass is 355 g/mol. The van der Waals surface area contributed by atoms with Crippen LogP contribution in [0.25, 0.3) is 0 Å². The molecular weight excluding hydrogens is 328 g/mol. The number of amides is 2. The zero-order valence-electron chi connectivity index (χ0n) is 15.2. The predicted octanol–water partition coefficient (Wildman–Crippen LogP) is 1.16. The standard InChI is InChI=1S/C21H26N2O3/c24-20-14-18(21(25)23(20)15-16-6-2-1-3-7-16)17-8-4-5-9-19(17)22-10-12-26-13-11-22/h1-3,6-7,9,17-18H,4-5,8,10-15H2/p+1/t17-,18+/m0/s1. The Kier molecular flexibility index (Phi) is 5.18. The van der Waals surface area contributed by atoms with Crippen LogP contribution in [0.1, 0.15) is 31.2 Å². The highest BCUT2D eigenvalue weighted by Gasteiger charge is 2.46. The first-order chi connectivity index (χ1) is 12.7. The molecule has 0 bridgehead atoms. The summed E-state index contributed by atoms with van der Waals surface area (Å²) in [5, 5.41) is 0. The highest BCUT2D eigenvalue weighted by atomic mass is 16.5. The van der Waals surface area contributed by atoms with Crippen LogP contribution in [0, 0.1) is 11.8 Å². The number of imide groups is 1. The van der Waals surface area contributed by atoms with E-state index in [1.807, 2.05) is 30.3 Å². The van der Waals surface area contributed by atoms with Crippen LogP contribution in [0.5, 0.6) is 0 Å². The lowest BCUT2D eigenvalue weighted by molar-refractivity contribution is -0.874. The minimum Gasteiger partial charge on any atom is -0.370 e. The summed E-state index contributed by atoms with van der Waals surface area (Å²) >= 11 is 0. The predicted molar refractivity (Wildman–Crippen MR) is 97.0 cm³/mol. The van der Waals surface area contributed by atoms with Crippen LogP contribution >= 0.6 is 0 Å². The van der Waals surface area contributed by atoms with Crippen LogP contribution < -0.4 is 4.90 Å². The Labute approximate surface area is 154 Å². The van der Waals surface area contributed by atoms with Gasteiger partial charge in [0.1, 0.15) is 18.8 Å². The summed E-state index contributed by atoms with van der Waals surface area (Å²) in [5.41, 5.74) is 2.36. The van der Waals surface area contributed by atoms with Gasteiger partial charge in [-0.3, -0.25) is 14.5 Å². The Morgan fingerprint density at radius 3 is 2.62 bits per heavy atom. The van der Waals surface area contributed by atoms with Gasteiger partial charge in [-0.15, -0.1) is 0 Å². The van der Waals surface area contributed by atoms with E-state index in [4.69, 9.17) is 4.74 Å². The molecule has 2 atom stereocenters. The largest absolute Gasteiger partial charge is 0.370 e. The molecule has 0 saturated carbocycles. The van der Waals surface area contributed by atoms with Gasteiger partial charge in [-0.2, -0.15) is 0 Å². The molecule has 26 heavy (non-hydrogen) atoms. The zero-order valence-corrected chi connectivity index (χ0v) is 15.2. The molecule has 2 amide bonds. The molecule has 0 radical (unpaired) electrons. The summed E-state index contributed by atoms with van der Waals surface area (Å²) in [5.74, 6) is 0.0113. The van der Waals surface area contributed by atoms with Gasteiger partial charge < -0.3 is 9.64 Å². The number of likely N-dealkylation sites (tertiary alicyclic amines) is 1. The lowest BCUT2D eigenvalue weighted by Gasteiger charge is -2.34. The Morgan fingerprint density at radius 1 is 1.08 bits per heavy atom. The van der Waals surface area contributed by atoms with Crippen molar-refractivity contribution in [1.29, 1.82) is 0 Å². The highest BCUT2D eigenvalue weighted by Crippen LogP contribution is 2.36. The van der Waals surface area contributed by atoms with Gasteiger partial charge in [0.25, 0.3) is 0 Å². The van der Waals surface area contributed by atoms with E-state index in [0.717, 1.165) is 51.1 Å². The number of rotatable bonds is 4. The average molecular weight is 355 g/mol. The normalized spacial score (nSPS) is 27.7. The summed E-state index contributed by atoms with van der Waals surface area (Å²) in [7, 11) is 0. The number of carbonyl (C=O) groups excluding carboxylic acids is 2.